The van der Waals surface area contributed by atoms with Gasteiger partial charge in [-0.2, -0.15) is 0 Å². The minimum atomic E-state index is 0.592. The van der Waals surface area contributed by atoms with Crippen LogP contribution in [0.1, 0.15) is 22.3 Å². The van der Waals surface area contributed by atoms with Gasteiger partial charge in [0.15, 0.2) is 0 Å². The molecule has 0 radical (unpaired) electrons. The van der Waals surface area contributed by atoms with Crippen molar-refractivity contribution >= 4 is 0 Å². The summed E-state index contributed by atoms with van der Waals surface area (Å²) in [6.07, 6.45) is 4.98. The lowest BCUT2D eigenvalue weighted by Crippen LogP contribution is -2.31. The van der Waals surface area contributed by atoms with Crippen LogP contribution in [0.25, 0.3) is 0 Å². The fourth-order valence-corrected chi connectivity index (χ4v) is 2.78. The summed E-state index contributed by atoms with van der Waals surface area (Å²) in [5.74, 6) is 0. The average molecular weight is 253 g/mol. The highest BCUT2D eigenvalue weighted by Gasteiger charge is 2.18. The number of aromatic nitrogens is 1. The smallest absolute Gasteiger partial charge is 0.0315 e. The first-order chi connectivity index (χ1) is 9.36. The molecular weight excluding hydrogens is 234 g/mol. The highest BCUT2D eigenvalue weighted by molar-refractivity contribution is 5.34. The maximum atomic E-state index is 5.78. The van der Waals surface area contributed by atoms with Gasteiger partial charge in [-0.25, -0.2) is 0 Å². The van der Waals surface area contributed by atoms with Crippen LogP contribution in [0.5, 0.6) is 0 Å². The number of hydrogen-bond donors (Lipinski definition) is 1. The molecule has 2 heterocycles. The van der Waals surface area contributed by atoms with Gasteiger partial charge in [0, 0.05) is 38.6 Å². The van der Waals surface area contributed by atoms with Crippen LogP contribution in [0.4, 0.5) is 0 Å². The van der Waals surface area contributed by atoms with Crippen LogP contribution in [0.15, 0.2) is 42.7 Å². The van der Waals surface area contributed by atoms with Gasteiger partial charge in [0.05, 0.1) is 0 Å². The van der Waals surface area contributed by atoms with Crippen LogP contribution in [0, 0.1) is 0 Å². The monoisotopic (exact) mass is 253 g/mol. The standard InChI is InChI=1S/C16H19N3/c17-8-14-9-18-10-15-12-19(7-6-16(14)15)11-13-4-2-1-3-5-13/h1-5,9-10H,6-8,11-12,17H2. The highest BCUT2D eigenvalue weighted by Crippen LogP contribution is 2.22. The topological polar surface area (TPSA) is 42.1 Å². The van der Waals surface area contributed by atoms with Crippen LogP contribution in [0.2, 0.25) is 0 Å². The quantitative estimate of drug-likeness (QED) is 0.911. The molecule has 0 atom stereocenters. The maximum absolute atomic E-state index is 5.78. The summed E-state index contributed by atoms with van der Waals surface area (Å²) in [4.78, 5) is 6.78. The minimum Gasteiger partial charge on any atom is -0.326 e. The Hall–Kier alpha value is -1.71. The molecule has 2 aromatic rings. The summed E-state index contributed by atoms with van der Waals surface area (Å²) in [6, 6.07) is 10.6. The second-order valence-corrected chi connectivity index (χ2v) is 5.09. The van der Waals surface area contributed by atoms with E-state index in [9.17, 15) is 0 Å². The average Bonchev–Trinajstić information content (AvgIpc) is 2.47. The van der Waals surface area contributed by atoms with E-state index in [2.05, 4.69) is 40.2 Å². The van der Waals surface area contributed by atoms with Crippen LogP contribution in [0.3, 0.4) is 0 Å². The van der Waals surface area contributed by atoms with E-state index >= 15 is 0 Å². The van der Waals surface area contributed by atoms with Gasteiger partial charge in [-0.15, -0.1) is 0 Å². The molecule has 0 fully saturated rings. The molecule has 19 heavy (non-hydrogen) atoms. The Morgan fingerprint density at radius 1 is 1.16 bits per heavy atom. The van der Waals surface area contributed by atoms with Gasteiger partial charge in [0.1, 0.15) is 0 Å². The Labute approximate surface area is 114 Å². The van der Waals surface area contributed by atoms with Gasteiger partial charge in [0.25, 0.3) is 0 Å². The van der Waals surface area contributed by atoms with Gasteiger partial charge in [-0.3, -0.25) is 9.88 Å². The summed E-state index contributed by atoms with van der Waals surface area (Å²) < 4.78 is 0. The number of hydrogen-bond acceptors (Lipinski definition) is 3. The van der Waals surface area contributed by atoms with E-state index in [4.69, 9.17) is 5.73 Å². The van der Waals surface area contributed by atoms with Gasteiger partial charge >= 0.3 is 0 Å². The van der Waals surface area contributed by atoms with Crippen molar-refractivity contribution in [3.05, 3.63) is 65.0 Å². The molecule has 1 aliphatic heterocycles. The van der Waals surface area contributed by atoms with Crippen LogP contribution < -0.4 is 5.73 Å². The molecule has 0 bridgehead atoms. The first kappa shape index (κ1) is 12.3. The Morgan fingerprint density at radius 2 is 2.00 bits per heavy atom. The Balaban J connectivity index is 1.76. The third-order valence-corrected chi connectivity index (χ3v) is 3.78. The summed E-state index contributed by atoms with van der Waals surface area (Å²) in [7, 11) is 0. The van der Waals surface area contributed by atoms with Crippen molar-refractivity contribution in [2.45, 2.75) is 26.1 Å². The van der Waals surface area contributed by atoms with E-state index in [1.54, 1.807) is 0 Å². The lowest BCUT2D eigenvalue weighted by Gasteiger charge is -2.29. The molecule has 3 rings (SSSR count). The van der Waals surface area contributed by atoms with Crippen molar-refractivity contribution in [1.29, 1.82) is 0 Å². The lowest BCUT2D eigenvalue weighted by atomic mass is 9.97. The maximum Gasteiger partial charge on any atom is 0.0315 e. The lowest BCUT2D eigenvalue weighted by molar-refractivity contribution is 0.244. The minimum absolute atomic E-state index is 0.592. The van der Waals surface area contributed by atoms with Crippen molar-refractivity contribution in [2.75, 3.05) is 6.54 Å². The number of nitrogens with two attached hydrogens (primary N) is 1. The van der Waals surface area contributed by atoms with Crippen molar-refractivity contribution < 1.29 is 0 Å². The SMILES string of the molecule is NCc1cncc2c1CCN(Cc1ccccc1)C2. The molecule has 0 amide bonds. The number of nitrogens with zero attached hydrogens (tertiary/aromatic N) is 2. The third-order valence-electron chi connectivity index (χ3n) is 3.78. The summed E-state index contributed by atoms with van der Waals surface area (Å²) in [5.41, 5.74) is 11.1. The largest absolute Gasteiger partial charge is 0.326 e. The predicted octanol–water partition coefficient (Wildman–Crippen LogP) is 2.10. The molecule has 3 heteroatoms. The molecule has 0 unspecified atom stereocenters. The van der Waals surface area contributed by atoms with Gasteiger partial charge in [-0.05, 0) is 28.7 Å². The summed E-state index contributed by atoms with van der Waals surface area (Å²) in [6.45, 7) is 3.67. The van der Waals surface area contributed by atoms with Crippen molar-refractivity contribution in [3.63, 3.8) is 0 Å². The third kappa shape index (κ3) is 2.67. The van der Waals surface area contributed by atoms with Crippen molar-refractivity contribution in [3.8, 4) is 0 Å². The van der Waals surface area contributed by atoms with Crippen molar-refractivity contribution in [1.82, 2.24) is 9.88 Å². The zero-order chi connectivity index (χ0) is 13.1. The molecule has 0 spiro atoms. The zero-order valence-corrected chi connectivity index (χ0v) is 11.0. The molecule has 1 aromatic carbocycles. The van der Waals surface area contributed by atoms with E-state index in [0.29, 0.717) is 6.54 Å². The second kappa shape index (κ2) is 5.51. The molecule has 3 nitrogen and oxygen atoms in total. The van der Waals surface area contributed by atoms with E-state index in [0.717, 1.165) is 26.1 Å². The zero-order valence-electron chi connectivity index (χ0n) is 11.0. The van der Waals surface area contributed by atoms with Gasteiger partial charge < -0.3 is 5.73 Å². The molecule has 1 aliphatic rings. The highest BCUT2D eigenvalue weighted by atomic mass is 15.1. The molecule has 0 saturated carbocycles. The number of rotatable bonds is 3. The predicted molar refractivity (Wildman–Crippen MR) is 76.4 cm³/mol. The summed E-state index contributed by atoms with van der Waals surface area (Å²) >= 11 is 0. The summed E-state index contributed by atoms with van der Waals surface area (Å²) in [5, 5.41) is 0. The van der Waals surface area contributed by atoms with E-state index in [1.165, 1.54) is 22.3 Å². The fourth-order valence-electron chi connectivity index (χ4n) is 2.78. The first-order valence-corrected chi connectivity index (χ1v) is 6.78. The Kier molecular flexibility index (Phi) is 3.58. The molecule has 2 N–H and O–H groups in total. The molecule has 98 valence electrons. The second-order valence-electron chi connectivity index (χ2n) is 5.09. The fraction of sp³-hybridized carbons (Fsp3) is 0.312. The van der Waals surface area contributed by atoms with Crippen LogP contribution >= 0.6 is 0 Å². The first-order valence-electron chi connectivity index (χ1n) is 6.78. The van der Waals surface area contributed by atoms with Crippen LogP contribution in [-0.4, -0.2) is 16.4 Å². The molecular formula is C16H19N3. The van der Waals surface area contributed by atoms with Gasteiger partial charge in [-0.1, -0.05) is 30.3 Å². The normalized spacial score (nSPS) is 15.2. The molecule has 1 aromatic heterocycles. The number of benzene rings is 1. The number of fused-ring (bicyclic) bond motifs is 1. The van der Waals surface area contributed by atoms with Crippen molar-refractivity contribution in [2.24, 2.45) is 5.73 Å². The van der Waals surface area contributed by atoms with E-state index in [1.807, 2.05) is 12.4 Å². The van der Waals surface area contributed by atoms with Gasteiger partial charge in [0.2, 0.25) is 0 Å². The molecule has 0 aliphatic carbocycles. The van der Waals surface area contributed by atoms with E-state index in [-0.39, 0.29) is 0 Å². The molecule has 0 saturated heterocycles. The van der Waals surface area contributed by atoms with Crippen LogP contribution in [-0.2, 0) is 26.1 Å². The van der Waals surface area contributed by atoms with E-state index < -0.39 is 0 Å². The Morgan fingerprint density at radius 3 is 2.79 bits per heavy atom. The Bertz CT molecular complexity index is 551. The number of pyridine rings is 1.